The third-order valence-electron chi connectivity index (χ3n) is 11.2. The molecule has 52 heavy (non-hydrogen) atoms. The minimum Gasteiger partial charge on any atom is -0.512 e. The number of benzene rings is 3. The van der Waals surface area contributed by atoms with Gasteiger partial charge in [-0.15, -0.1) is 40.5 Å². The maximum atomic E-state index is 12.2. The van der Waals surface area contributed by atoms with E-state index in [1.54, 1.807) is 0 Å². The summed E-state index contributed by atoms with van der Waals surface area (Å²) >= 11 is 1.84. The third-order valence-corrected chi connectivity index (χ3v) is 12.3. The molecule has 277 valence electrons. The van der Waals surface area contributed by atoms with Gasteiger partial charge in [0.15, 0.2) is 5.78 Å². The Balaban J connectivity index is 0.000000289. The first kappa shape index (κ1) is 41.2. The van der Waals surface area contributed by atoms with Crippen LogP contribution in [0.2, 0.25) is 0 Å². The number of aliphatic hydroxyl groups excluding tert-OH is 1. The Morgan fingerprint density at radius 2 is 1.46 bits per heavy atom. The largest absolute Gasteiger partial charge is 0.512 e. The van der Waals surface area contributed by atoms with Crippen molar-refractivity contribution in [3.05, 3.63) is 101 Å². The molecule has 0 atom stereocenters. The number of ketones is 1. The molecule has 0 saturated carbocycles. The average molecular weight is 893 g/mol. The van der Waals surface area contributed by atoms with E-state index in [2.05, 4.69) is 101 Å². The van der Waals surface area contributed by atoms with Crippen LogP contribution in [0.25, 0.3) is 54.3 Å². The molecule has 3 aromatic carbocycles. The van der Waals surface area contributed by atoms with E-state index in [1.807, 2.05) is 59.1 Å². The van der Waals surface area contributed by atoms with Crippen molar-refractivity contribution in [2.24, 2.45) is 10.8 Å². The molecule has 6 heteroatoms. The number of aryl methyl sites for hydroxylation is 2. The van der Waals surface area contributed by atoms with Crippen molar-refractivity contribution >= 4 is 49.1 Å². The summed E-state index contributed by atoms with van der Waals surface area (Å²) in [6.07, 6.45) is 6.57. The molecule has 0 aliphatic heterocycles. The Hall–Kier alpha value is -3.57. The fourth-order valence-electron chi connectivity index (χ4n) is 6.70. The molecule has 0 bridgehead atoms. The molecule has 3 aromatic heterocycles. The number of pyridine rings is 1. The molecule has 0 amide bonds. The number of thiophene rings is 1. The van der Waals surface area contributed by atoms with E-state index in [9.17, 15) is 9.90 Å². The molecule has 6 aromatic rings. The van der Waals surface area contributed by atoms with Gasteiger partial charge in [0.2, 0.25) is 5.71 Å². The van der Waals surface area contributed by atoms with Crippen LogP contribution in [0.15, 0.2) is 83.2 Å². The maximum Gasteiger partial charge on any atom is 0.219 e. The van der Waals surface area contributed by atoms with Crippen LogP contribution in [0, 0.1) is 30.7 Å². The zero-order chi connectivity index (χ0) is 37.3. The van der Waals surface area contributed by atoms with Crippen LogP contribution in [0.3, 0.4) is 0 Å². The van der Waals surface area contributed by atoms with Gasteiger partial charge in [0.1, 0.15) is 5.76 Å². The quantitative estimate of drug-likeness (QED) is 0.0892. The van der Waals surface area contributed by atoms with Crippen LogP contribution in [0.1, 0.15) is 104 Å². The fraction of sp³-hybridized carbons (Fsp3) is 0.391. The number of fused-ring (bicyclic) bond motifs is 3. The Bertz CT molecular complexity index is 2220. The summed E-state index contributed by atoms with van der Waals surface area (Å²) in [4.78, 5) is 18.5. The van der Waals surface area contributed by atoms with Gasteiger partial charge in [0, 0.05) is 68.6 Å². The fourth-order valence-corrected chi connectivity index (χ4v) is 7.78. The van der Waals surface area contributed by atoms with Crippen molar-refractivity contribution in [1.82, 2.24) is 4.98 Å². The second kappa shape index (κ2) is 16.2. The number of nitrogens with zero attached hydrogens (tertiary/aromatic N) is 1. The second-order valence-corrected chi connectivity index (χ2v) is 16.8. The number of allylic oxidation sites excluding steroid dienone is 2. The first-order valence-electron chi connectivity index (χ1n) is 18.4. The predicted molar refractivity (Wildman–Crippen MR) is 218 cm³/mol. The minimum absolute atomic E-state index is 0. The smallest absolute Gasteiger partial charge is 0.219 e. The molecule has 0 saturated heterocycles. The Labute approximate surface area is 328 Å². The molecule has 0 unspecified atom stereocenters. The van der Waals surface area contributed by atoms with Crippen molar-refractivity contribution in [2.75, 3.05) is 0 Å². The van der Waals surface area contributed by atoms with Gasteiger partial charge in [-0.3, -0.25) is 9.78 Å². The van der Waals surface area contributed by atoms with Gasteiger partial charge in [-0.25, -0.2) is 0 Å². The van der Waals surface area contributed by atoms with E-state index >= 15 is 0 Å². The van der Waals surface area contributed by atoms with Crippen LogP contribution >= 0.6 is 11.3 Å². The van der Waals surface area contributed by atoms with Crippen molar-refractivity contribution in [1.29, 1.82) is 0 Å². The third kappa shape index (κ3) is 8.00. The molecule has 0 aliphatic rings. The number of aliphatic hydroxyl groups is 1. The summed E-state index contributed by atoms with van der Waals surface area (Å²) in [5.41, 5.74) is 6.83. The van der Waals surface area contributed by atoms with Crippen molar-refractivity contribution < 1.29 is 34.4 Å². The standard InChI is InChI=1S/C31H26NOS.C15H28O2.Ir/c1-18-17-33-30-28(18)24(29-19(2)34-27-13-9-8-12-23(27)29)16-26(32-30)21-14-20-10-6-7-11-22(20)25(15-21)31(3,4)5;1-7-14(5,8-2)12(16)11-13(17)15(6,9-3)10-4;/h6-13,15-17H,1-5H3;11,16H,7-10H2,1-6H3;/q-1;;/b;12-11-;. The minimum atomic E-state index is -0.337. The van der Waals surface area contributed by atoms with Gasteiger partial charge < -0.3 is 9.52 Å². The van der Waals surface area contributed by atoms with Gasteiger partial charge >= 0.3 is 0 Å². The first-order valence-corrected chi connectivity index (χ1v) is 19.2. The maximum absolute atomic E-state index is 12.2. The van der Waals surface area contributed by atoms with Crippen LogP contribution in [0.4, 0.5) is 0 Å². The molecule has 0 spiro atoms. The van der Waals surface area contributed by atoms with E-state index in [0.717, 1.165) is 53.3 Å². The molecule has 1 radical (unpaired) electrons. The zero-order valence-corrected chi connectivity index (χ0v) is 35.9. The summed E-state index contributed by atoms with van der Waals surface area (Å²) in [5, 5.41) is 14.9. The molecule has 1 N–H and O–H groups in total. The normalized spacial score (nSPS) is 12.6. The Morgan fingerprint density at radius 1 is 0.865 bits per heavy atom. The number of aromatic nitrogens is 1. The van der Waals surface area contributed by atoms with Crippen LogP contribution in [0.5, 0.6) is 0 Å². The van der Waals surface area contributed by atoms with Crippen molar-refractivity contribution in [3.63, 3.8) is 0 Å². The van der Waals surface area contributed by atoms with Gasteiger partial charge in [-0.2, -0.15) is 0 Å². The Morgan fingerprint density at radius 3 is 2.08 bits per heavy atom. The second-order valence-electron chi connectivity index (χ2n) is 15.5. The number of rotatable bonds is 9. The summed E-state index contributed by atoms with van der Waals surface area (Å²) in [7, 11) is 0. The van der Waals surface area contributed by atoms with Gasteiger partial charge in [-0.1, -0.05) is 116 Å². The summed E-state index contributed by atoms with van der Waals surface area (Å²) in [6.45, 7) is 23.2. The summed E-state index contributed by atoms with van der Waals surface area (Å²) in [6, 6.07) is 25.3. The van der Waals surface area contributed by atoms with Crippen LogP contribution in [-0.2, 0) is 30.3 Å². The molecule has 3 heterocycles. The molecule has 6 rings (SSSR count). The zero-order valence-electron chi connectivity index (χ0n) is 32.7. The van der Waals surface area contributed by atoms with Crippen LogP contribution < -0.4 is 0 Å². The average Bonchev–Trinajstić information content (AvgIpc) is 3.67. The van der Waals surface area contributed by atoms with E-state index < -0.39 is 0 Å². The SMILES string of the molecule is CCC(C)(CC)C(=O)/C=C(\O)C(C)(CC)CC.Cc1sc2ccccc2c1-c1cc(-c2[c-]c3ccccc3c(C(C)(C)C)c2)nc2occ(C)c12.[Ir]. The van der Waals surface area contributed by atoms with Crippen molar-refractivity contribution in [2.45, 2.75) is 107 Å². The Kier molecular flexibility index (Phi) is 12.8. The van der Waals surface area contributed by atoms with Gasteiger partial charge in [-0.05, 0) is 62.1 Å². The molecule has 4 nitrogen and oxygen atoms in total. The number of carbonyl (C=O) groups excluding carboxylic acids is 1. The molecule has 0 fully saturated rings. The number of hydrogen-bond acceptors (Lipinski definition) is 5. The number of furan rings is 1. The summed E-state index contributed by atoms with van der Waals surface area (Å²) < 4.78 is 7.27. The topological polar surface area (TPSA) is 63.3 Å². The monoisotopic (exact) mass is 893 g/mol. The molecular formula is C46H54IrNO3S-. The number of hydrogen-bond donors (Lipinski definition) is 1. The van der Waals surface area contributed by atoms with Crippen molar-refractivity contribution in [3.8, 4) is 22.4 Å². The van der Waals surface area contributed by atoms with Gasteiger partial charge in [0.25, 0.3) is 0 Å². The predicted octanol–water partition coefficient (Wildman–Crippen LogP) is 13.9. The molecule has 0 aliphatic carbocycles. The summed E-state index contributed by atoms with van der Waals surface area (Å²) in [5.74, 6) is 0.286. The van der Waals surface area contributed by atoms with Gasteiger partial charge in [0.05, 0.1) is 6.26 Å². The van der Waals surface area contributed by atoms with E-state index in [-0.39, 0.29) is 47.9 Å². The van der Waals surface area contributed by atoms with Crippen LogP contribution in [-0.4, -0.2) is 15.9 Å². The molecular weight excluding hydrogens is 839 g/mol. The first-order chi connectivity index (χ1) is 24.1. The van der Waals surface area contributed by atoms with E-state index in [1.165, 1.54) is 43.1 Å². The number of carbonyl (C=O) groups is 1. The van der Waals surface area contributed by atoms with E-state index in [0.29, 0.717) is 5.71 Å². The van der Waals surface area contributed by atoms with E-state index in [4.69, 9.17) is 9.40 Å².